The normalized spacial score (nSPS) is 15.5. The van der Waals surface area contributed by atoms with Gasteiger partial charge in [0.15, 0.2) is 0 Å². The standard InChI is InChI=1S/C11H13NO3/c1-14-11(13)8-2-4-9(5-3-8)12-10-6-15-7-10/h2-5,10,12H,6-7H2,1H3. The third-order valence-electron chi connectivity index (χ3n) is 2.31. The Morgan fingerprint density at radius 2 is 2.07 bits per heavy atom. The summed E-state index contributed by atoms with van der Waals surface area (Å²) in [5, 5.41) is 3.29. The van der Waals surface area contributed by atoms with Crippen LogP contribution in [0.2, 0.25) is 0 Å². The Kier molecular flexibility index (Phi) is 2.87. The van der Waals surface area contributed by atoms with Crippen LogP contribution in [0.3, 0.4) is 0 Å². The van der Waals surface area contributed by atoms with E-state index in [2.05, 4.69) is 10.1 Å². The Balaban J connectivity index is 1.99. The molecule has 0 spiro atoms. The van der Waals surface area contributed by atoms with Crippen molar-refractivity contribution in [3.05, 3.63) is 29.8 Å². The first-order chi connectivity index (χ1) is 7.29. The minimum atomic E-state index is -0.312. The van der Waals surface area contributed by atoms with Crippen LogP contribution in [0.4, 0.5) is 5.69 Å². The van der Waals surface area contributed by atoms with Crippen LogP contribution in [0.1, 0.15) is 10.4 Å². The molecule has 0 aromatic heterocycles. The van der Waals surface area contributed by atoms with Gasteiger partial charge in [0.25, 0.3) is 0 Å². The lowest BCUT2D eigenvalue weighted by Crippen LogP contribution is -2.40. The second-order valence-electron chi connectivity index (χ2n) is 3.45. The maximum absolute atomic E-state index is 11.2. The average molecular weight is 207 g/mol. The highest BCUT2D eigenvalue weighted by Gasteiger charge is 2.17. The smallest absolute Gasteiger partial charge is 0.337 e. The lowest BCUT2D eigenvalue weighted by atomic mass is 10.2. The van der Waals surface area contributed by atoms with Crippen LogP contribution in [0, 0.1) is 0 Å². The second-order valence-corrected chi connectivity index (χ2v) is 3.45. The Labute approximate surface area is 88.2 Å². The van der Waals surface area contributed by atoms with Crippen molar-refractivity contribution in [1.29, 1.82) is 0 Å². The van der Waals surface area contributed by atoms with Gasteiger partial charge in [-0.3, -0.25) is 0 Å². The van der Waals surface area contributed by atoms with Gasteiger partial charge in [0.1, 0.15) is 0 Å². The third kappa shape index (κ3) is 2.27. The molecule has 0 amide bonds. The summed E-state index contributed by atoms with van der Waals surface area (Å²) in [5.74, 6) is -0.312. The van der Waals surface area contributed by atoms with Crippen LogP contribution in [0.25, 0.3) is 0 Å². The molecule has 0 aliphatic carbocycles. The molecular weight excluding hydrogens is 194 g/mol. The Hall–Kier alpha value is -1.55. The molecule has 1 saturated heterocycles. The number of rotatable bonds is 3. The quantitative estimate of drug-likeness (QED) is 0.758. The van der Waals surface area contributed by atoms with Crippen molar-refractivity contribution in [3.63, 3.8) is 0 Å². The third-order valence-corrected chi connectivity index (χ3v) is 2.31. The van der Waals surface area contributed by atoms with Crippen molar-refractivity contribution in [2.75, 3.05) is 25.6 Å². The zero-order valence-electron chi connectivity index (χ0n) is 8.53. The van der Waals surface area contributed by atoms with Gasteiger partial charge in [-0.25, -0.2) is 4.79 Å². The molecule has 80 valence electrons. The number of carbonyl (C=O) groups is 1. The number of carbonyl (C=O) groups excluding carboxylic acids is 1. The second kappa shape index (κ2) is 4.31. The first kappa shape index (κ1) is 9.98. The highest BCUT2D eigenvalue weighted by molar-refractivity contribution is 5.89. The highest BCUT2D eigenvalue weighted by Crippen LogP contribution is 2.14. The fourth-order valence-electron chi connectivity index (χ4n) is 1.38. The molecule has 1 N–H and O–H groups in total. The van der Waals surface area contributed by atoms with E-state index in [-0.39, 0.29) is 5.97 Å². The Morgan fingerprint density at radius 3 is 2.53 bits per heavy atom. The monoisotopic (exact) mass is 207 g/mol. The van der Waals surface area contributed by atoms with Gasteiger partial charge in [-0.05, 0) is 24.3 Å². The predicted molar refractivity (Wildman–Crippen MR) is 56.0 cm³/mol. The molecule has 1 aromatic rings. The predicted octanol–water partition coefficient (Wildman–Crippen LogP) is 1.28. The fraction of sp³-hybridized carbons (Fsp3) is 0.364. The van der Waals surface area contributed by atoms with Crippen molar-refractivity contribution in [2.24, 2.45) is 0 Å². The van der Waals surface area contributed by atoms with Gasteiger partial charge >= 0.3 is 5.97 Å². The SMILES string of the molecule is COC(=O)c1ccc(NC2COC2)cc1. The number of benzene rings is 1. The summed E-state index contributed by atoms with van der Waals surface area (Å²) in [6.45, 7) is 1.50. The van der Waals surface area contributed by atoms with Gasteiger partial charge in [0.05, 0.1) is 31.9 Å². The first-order valence-corrected chi connectivity index (χ1v) is 4.82. The topological polar surface area (TPSA) is 47.6 Å². The molecule has 0 bridgehead atoms. The Morgan fingerprint density at radius 1 is 1.40 bits per heavy atom. The lowest BCUT2D eigenvalue weighted by molar-refractivity contribution is 0.0211. The maximum Gasteiger partial charge on any atom is 0.337 e. The lowest BCUT2D eigenvalue weighted by Gasteiger charge is -2.27. The van der Waals surface area contributed by atoms with E-state index in [4.69, 9.17) is 4.74 Å². The molecule has 1 heterocycles. The first-order valence-electron chi connectivity index (χ1n) is 4.82. The summed E-state index contributed by atoms with van der Waals surface area (Å²) in [4.78, 5) is 11.2. The summed E-state index contributed by atoms with van der Waals surface area (Å²) in [5.41, 5.74) is 1.56. The molecule has 4 heteroatoms. The minimum absolute atomic E-state index is 0.312. The van der Waals surface area contributed by atoms with E-state index in [1.807, 2.05) is 12.1 Å². The van der Waals surface area contributed by atoms with Gasteiger partial charge in [0.2, 0.25) is 0 Å². The number of nitrogens with one attached hydrogen (secondary N) is 1. The summed E-state index contributed by atoms with van der Waals surface area (Å²) in [6.07, 6.45) is 0. The van der Waals surface area contributed by atoms with E-state index in [0.29, 0.717) is 11.6 Å². The van der Waals surface area contributed by atoms with Crippen LogP contribution < -0.4 is 5.32 Å². The zero-order chi connectivity index (χ0) is 10.7. The Bertz CT molecular complexity index is 343. The van der Waals surface area contributed by atoms with Crippen LogP contribution >= 0.6 is 0 Å². The molecule has 15 heavy (non-hydrogen) atoms. The number of ether oxygens (including phenoxy) is 2. The molecule has 0 saturated carbocycles. The van der Waals surface area contributed by atoms with Crippen LogP contribution in [0.15, 0.2) is 24.3 Å². The minimum Gasteiger partial charge on any atom is -0.465 e. The molecule has 0 radical (unpaired) electrons. The van der Waals surface area contributed by atoms with Gasteiger partial charge in [-0.15, -0.1) is 0 Å². The summed E-state index contributed by atoms with van der Waals surface area (Å²) in [7, 11) is 1.38. The number of hydrogen-bond donors (Lipinski definition) is 1. The van der Waals surface area contributed by atoms with Gasteiger partial charge < -0.3 is 14.8 Å². The van der Waals surface area contributed by atoms with E-state index in [0.717, 1.165) is 18.9 Å². The van der Waals surface area contributed by atoms with E-state index < -0.39 is 0 Å². The largest absolute Gasteiger partial charge is 0.465 e. The van der Waals surface area contributed by atoms with Crippen LogP contribution in [-0.2, 0) is 9.47 Å². The van der Waals surface area contributed by atoms with Crippen molar-refractivity contribution in [1.82, 2.24) is 0 Å². The highest BCUT2D eigenvalue weighted by atomic mass is 16.5. The van der Waals surface area contributed by atoms with E-state index in [9.17, 15) is 4.79 Å². The number of methoxy groups -OCH3 is 1. The molecule has 1 fully saturated rings. The molecule has 0 unspecified atom stereocenters. The molecule has 1 aromatic carbocycles. The molecular formula is C11H13NO3. The van der Waals surface area contributed by atoms with Crippen LogP contribution in [0.5, 0.6) is 0 Å². The summed E-state index contributed by atoms with van der Waals surface area (Å²) in [6, 6.07) is 7.62. The molecule has 2 rings (SSSR count). The molecule has 4 nitrogen and oxygen atoms in total. The van der Waals surface area contributed by atoms with Crippen LogP contribution in [-0.4, -0.2) is 32.3 Å². The summed E-state index contributed by atoms with van der Waals surface area (Å²) >= 11 is 0. The number of esters is 1. The zero-order valence-corrected chi connectivity index (χ0v) is 8.53. The van der Waals surface area contributed by atoms with Gasteiger partial charge in [0, 0.05) is 5.69 Å². The van der Waals surface area contributed by atoms with Gasteiger partial charge in [-0.2, -0.15) is 0 Å². The molecule has 0 atom stereocenters. The average Bonchev–Trinajstić information content (AvgIpc) is 2.23. The van der Waals surface area contributed by atoms with E-state index in [1.165, 1.54) is 7.11 Å². The van der Waals surface area contributed by atoms with Crippen molar-refractivity contribution >= 4 is 11.7 Å². The van der Waals surface area contributed by atoms with Crippen molar-refractivity contribution in [2.45, 2.75) is 6.04 Å². The maximum atomic E-state index is 11.2. The number of anilines is 1. The molecule has 1 aliphatic rings. The summed E-state index contributed by atoms with van der Waals surface area (Å²) < 4.78 is 9.66. The molecule has 1 aliphatic heterocycles. The van der Waals surface area contributed by atoms with E-state index in [1.54, 1.807) is 12.1 Å². The van der Waals surface area contributed by atoms with Crippen molar-refractivity contribution < 1.29 is 14.3 Å². The number of hydrogen-bond acceptors (Lipinski definition) is 4. The van der Waals surface area contributed by atoms with Gasteiger partial charge in [-0.1, -0.05) is 0 Å². The fourth-order valence-corrected chi connectivity index (χ4v) is 1.38. The van der Waals surface area contributed by atoms with Crippen molar-refractivity contribution in [3.8, 4) is 0 Å². The van der Waals surface area contributed by atoms with E-state index >= 15 is 0 Å².